The lowest BCUT2D eigenvalue weighted by Crippen LogP contribution is -2.25. The maximum absolute atomic E-state index is 14.5. The molecule has 146 valence electrons. The number of hydrogen-bond acceptors (Lipinski definition) is 5. The Labute approximate surface area is 160 Å². The topological polar surface area (TPSA) is 75.9 Å². The normalized spacial score (nSPS) is 16.9. The largest absolute Gasteiger partial charge is 0.508 e. The van der Waals surface area contributed by atoms with Crippen molar-refractivity contribution in [2.45, 2.75) is 45.6 Å². The Balaban J connectivity index is 1.66. The molecule has 1 aromatic carbocycles. The van der Waals surface area contributed by atoms with E-state index in [1.54, 1.807) is 13.8 Å². The van der Waals surface area contributed by atoms with Crippen LogP contribution in [0.2, 0.25) is 0 Å². The van der Waals surface area contributed by atoms with Crippen LogP contribution in [0, 0.1) is 37.3 Å². The second-order valence-corrected chi connectivity index (χ2v) is 7.89. The highest BCUT2D eigenvalue weighted by Gasteiger charge is 2.42. The molecule has 0 bridgehead atoms. The number of phenols is 1. The molecule has 8 heteroatoms. The van der Waals surface area contributed by atoms with E-state index in [1.807, 2.05) is 0 Å². The van der Waals surface area contributed by atoms with E-state index in [0.717, 1.165) is 12.1 Å². The minimum Gasteiger partial charge on any atom is -0.508 e. The van der Waals surface area contributed by atoms with E-state index >= 15 is 0 Å². The summed E-state index contributed by atoms with van der Waals surface area (Å²) in [5.74, 6) is 0.621. The number of halogens is 2. The first-order valence-corrected chi connectivity index (χ1v) is 9.61. The first-order chi connectivity index (χ1) is 13.4. The van der Waals surface area contributed by atoms with Crippen LogP contribution in [0.5, 0.6) is 5.75 Å². The van der Waals surface area contributed by atoms with E-state index in [-0.39, 0.29) is 5.69 Å². The maximum atomic E-state index is 14.5. The summed E-state index contributed by atoms with van der Waals surface area (Å²) in [6.07, 6.45) is 4.88. The number of aromatic nitrogens is 4. The number of fused-ring (bicyclic) bond motifs is 1. The highest BCUT2D eigenvalue weighted by molar-refractivity contribution is 5.85. The van der Waals surface area contributed by atoms with Gasteiger partial charge in [0.25, 0.3) is 0 Å². The van der Waals surface area contributed by atoms with Gasteiger partial charge in [-0.1, -0.05) is 0 Å². The molecular weight excluding hydrogens is 364 g/mol. The van der Waals surface area contributed by atoms with Crippen molar-refractivity contribution in [2.24, 2.45) is 11.8 Å². The van der Waals surface area contributed by atoms with Crippen LogP contribution in [0.25, 0.3) is 16.9 Å². The van der Waals surface area contributed by atoms with Crippen LogP contribution in [0.15, 0.2) is 12.1 Å². The molecule has 0 aliphatic heterocycles. The molecule has 0 radical (unpaired) electrons. The number of hydrogen-bond donors (Lipinski definition) is 2. The molecule has 2 N–H and O–H groups in total. The van der Waals surface area contributed by atoms with E-state index in [1.165, 1.54) is 30.3 Å². The third-order valence-corrected chi connectivity index (χ3v) is 5.57. The minimum atomic E-state index is -0.875. The predicted molar refractivity (Wildman–Crippen MR) is 101 cm³/mol. The summed E-state index contributed by atoms with van der Waals surface area (Å²) < 4.78 is 30.4. The minimum absolute atomic E-state index is 0.303. The number of rotatable bonds is 5. The summed E-state index contributed by atoms with van der Waals surface area (Å²) >= 11 is 0. The molecule has 2 aromatic heterocycles. The zero-order valence-electron chi connectivity index (χ0n) is 15.7. The smallest absolute Gasteiger partial charge is 0.170 e. The fourth-order valence-electron chi connectivity index (χ4n) is 4.00. The second kappa shape index (κ2) is 6.12. The number of aryl methyl sites for hydroxylation is 2. The van der Waals surface area contributed by atoms with E-state index in [9.17, 15) is 13.9 Å². The molecule has 0 saturated heterocycles. The molecule has 2 heterocycles. The summed E-state index contributed by atoms with van der Waals surface area (Å²) in [6.45, 7) is 3.43. The van der Waals surface area contributed by atoms with Gasteiger partial charge in [-0.3, -0.25) is 4.57 Å². The van der Waals surface area contributed by atoms with Crippen molar-refractivity contribution >= 4 is 17.0 Å². The summed E-state index contributed by atoms with van der Waals surface area (Å²) in [7, 11) is 0. The van der Waals surface area contributed by atoms with Crippen LogP contribution in [-0.4, -0.2) is 30.7 Å². The van der Waals surface area contributed by atoms with Crippen molar-refractivity contribution in [1.82, 2.24) is 19.5 Å². The van der Waals surface area contributed by atoms with Gasteiger partial charge in [0.1, 0.15) is 23.1 Å². The summed E-state index contributed by atoms with van der Waals surface area (Å²) in [5.41, 5.74) is 0.547. The molecule has 0 unspecified atom stereocenters. The summed E-state index contributed by atoms with van der Waals surface area (Å²) in [5, 5.41) is 13.0. The van der Waals surface area contributed by atoms with Gasteiger partial charge in [0.2, 0.25) is 0 Å². The Morgan fingerprint density at radius 1 is 1.04 bits per heavy atom. The molecule has 3 aromatic rings. The van der Waals surface area contributed by atoms with Gasteiger partial charge in [-0.2, -0.15) is 0 Å². The van der Waals surface area contributed by atoms with Crippen molar-refractivity contribution in [1.29, 1.82) is 0 Å². The van der Waals surface area contributed by atoms with Gasteiger partial charge >= 0.3 is 0 Å². The first kappa shape index (κ1) is 17.3. The van der Waals surface area contributed by atoms with Crippen LogP contribution in [0.3, 0.4) is 0 Å². The number of phenolic OH excluding ortho intramolecular Hbond substituents is 1. The van der Waals surface area contributed by atoms with E-state index in [4.69, 9.17) is 0 Å². The number of benzene rings is 1. The fourth-order valence-corrected chi connectivity index (χ4v) is 4.00. The lowest BCUT2D eigenvalue weighted by atomic mass is 10.1. The number of anilines is 1. The zero-order valence-corrected chi connectivity index (χ0v) is 15.7. The molecule has 2 saturated carbocycles. The van der Waals surface area contributed by atoms with Gasteiger partial charge in [-0.05, 0) is 51.4 Å². The van der Waals surface area contributed by atoms with Gasteiger partial charge in [0.15, 0.2) is 28.6 Å². The lowest BCUT2D eigenvalue weighted by molar-refractivity contribution is 0.459. The number of aromatic hydroxyl groups is 1. The molecular formula is C20H21F2N5O. The van der Waals surface area contributed by atoms with E-state index in [2.05, 4.69) is 20.3 Å². The van der Waals surface area contributed by atoms with Crippen LogP contribution in [-0.2, 0) is 0 Å². The maximum Gasteiger partial charge on any atom is 0.170 e. The highest BCUT2D eigenvalue weighted by atomic mass is 19.1. The van der Waals surface area contributed by atoms with Crippen molar-refractivity contribution in [3.05, 3.63) is 35.4 Å². The predicted octanol–water partition coefficient (Wildman–Crippen LogP) is 4.02. The van der Waals surface area contributed by atoms with E-state index in [0.29, 0.717) is 46.5 Å². The van der Waals surface area contributed by atoms with Gasteiger partial charge in [-0.15, -0.1) is 0 Å². The third-order valence-electron chi connectivity index (χ3n) is 5.57. The van der Waals surface area contributed by atoms with Crippen molar-refractivity contribution in [3.8, 4) is 11.4 Å². The second-order valence-electron chi connectivity index (χ2n) is 7.89. The Bertz CT molecular complexity index is 1050. The molecule has 28 heavy (non-hydrogen) atoms. The van der Waals surface area contributed by atoms with Crippen molar-refractivity contribution < 1.29 is 13.9 Å². The number of nitrogens with zero attached hydrogens (tertiary/aromatic N) is 4. The summed E-state index contributed by atoms with van der Waals surface area (Å²) in [6, 6.07) is 2.13. The Morgan fingerprint density at radius 2 is 1.64 bits per heavy atom. The molecule has 0 amide bonds. The quantitative estimate of drug-likeness (QED) is 0.694. The average molecular weight is 385 g/mol. The molecule has 5 rings (SSSR count). The van der Waals surface area contributed by atoms with Gasteiger partial charge < -0.3 is 10.4 Å². The Morgan fingerprint density at radius 3 is 2.21 bits per heavy atom. The zero-order chi connectivity index (χ0) is 19.6. The average Bonchev–Trinajstić information content (AvgIpc) is 3.51. The van der Waals surface area contributed by atoms with Crippen LogP contribution >= 0.6 is 0 Å². The molecule has 2 fully saturated rings. The molecule has 0 spiro atoms. The standard InChI is InChI=1S/C20H21F2N5O/c1-9-23-19(26-16(11-3-4-11)12-5-6-12)17-20(24-9)27(10(2)25-17)18-14(21)7-13(28)8-15(18)22/h7-8,11-12,16,28H,3-6H2,1-2H3,(H,23,24,26). The summed E-state index contributed by atoms with van der Waals surface area (Å²) in [4.78, 5) is 13.5. The van der Waals surface area contributed by atoms with Gasteiger partial charge in [-0.25, -0.2) is 23.7 Å². The lowest BCUT2D eigenvalue weighted by Gasteiger charge is -2.18. The van der Waals surface area contributed by atoms with Crippen molar-refractivity contribution in [3.63, 3.8) is 0 Å². The van der Waals surface area contributed by atoms with Crippen LogP contribution in [0.4, 0.5) is 14.6 Å². The Kier molecular flexibility index (Phi) is 3.79. The van der Waals surface area contributed by atoms with Gasteiger partial charge in [0.05, 0.1) is 0 Å². The van der Waals surface area contributed by atoms with E-state index < -0.39 is 17.4 Å². The number of nitrogens with one attached hydrogen (secondary N) is 1. The van der Waals surface area contributed by atoms with Gasteiger partial charge in [0, 0.05) is 18.2 Å². The number of imidazole rings is 1. The first-order valence-electron chi connectivity index (χ1n) is 9.61. The van der Waals surface area contributed by atoms with Crippen LogP contribution < -0.4 is 5.32 Å². The molecule has 2 aliphatic rings. The van der Waals surface area contributed by atoms with Crippen molar-refractivity contribution in [2.75, 3.05) is 5.32 Å². The molecule has 2 aliphatic carbocycles. The highest BCUT2D eigenvalue weighted by Crippen LogP contribution is 2.46. The fraction of sp³-hybridized carbons (Fsp3) is 0.450. The molecule has 6 nitrogen and oxygen atoms in total. The molecule has 0 atom stereocenters. The Hall–Kier alpha value is -2.77. The van der Waals surface area contributed by atoms with Crippen LogP contribution in [0.1, 0.15) is 37.3 Å². The SMILES string of the molecule is Cc1nc(NC(C2CC2)C2CC2)c2nc(C)n(-c3c(F)cc(O)cc3F)c2n1. The third kappa shape index (κ3) is 2.87. The monoisotopic (exact) mass is 385 g/mol.